The first-order valence-corrected chi connectivity index (χ1v) is 12.1. The van der Waals surface area contributed by atoms with Gasteiger partial charge in [0.25, 0.3) is 0 Å². The lowest BCUT2D eigenvalue weighted by Crippen LogP contribution is -2.37. The highest BCUT2D eigenvalue weighted by atomic mass is 32.2. The fraction of sp³-hybridized carbons (Fsp3) is 0.591. The number of ether oxygens (including phenoxy) is 3. The Morgan fingerprint density at radius 2 is 1.88 bits per heavy atom. The number of hydrogen-bond donors (Lipinski definition) is 1. The third kappa shape index (κ3) is 5.29. The van der Waals surface area contributed by atoms with Crippen LogP contribution in [0.3, 0.4) is 0 Å². The van der Waals surface area contributed by atoms with E-state index in [0.29, 0.717) is 26.4 Å². The summed E-state index contributed by atoms with van der Waals surface area (Å²) >= 11 is 1.39. The van der Waals surface area contributed by atoms with Crippen molar-refractivity contribution in [2.45, 2.75) is 31.5 Å². The largest absolute Gasteiger partial charge is 0.490 e. The molecule has 0 aliphatic carbocycles. The molecule has 0 saturated carbocycles. The van der Waals surface area contributed by atoms with E-state index in [9.17, 15) is 4.79 Å². The van der Waals surface area contributed by atoms with Crippen LogP contribution in [0.2, 0.25) is 0 Å². The molecule has 0 bridgehead atoms. The third-order valence-corrected chi connectivity index (χ3v) is 6.57. The van der Waals surface area contributed by atoms with Gasteiger partial charge in [-0.15, -0.1) is 10.2 Å². The second-order valence-corrected chi connectivity index (χ2v) is 9.22. The Balaban J connectivity index is 1.38. The maximum absolute atomic E-state index is 12.8. The van der Waals surface area contributed by atoms with Gasteiger partial charge >= 0.3 is 0 Å². The molecule has 1 saturated heterocycles. The number of benzene rings is 1. The molecule has 1 N–H and O–H groups in total. The number of morpholine rings is 1. The summed E-state index contributed by atoms with van der Waals surface area (Å²) in [4.78, 5) is 14.9. The maximum Gasteiger partial charge on any atom is 0.230 e. The molecular formula is C22H31N5O4S. The number of nitrogens with zero attached hydrogens (tertiary/aromatic N) is 4. The predicted octanol–water partition coefficient (Wildman–Crippen LogP) is 2.42. The number of amides is 1. The van der Waals surface area contributed by atoms with Gasteiger partial charge in [-0.1, -0.05) is 31.7 Å². The van der Waals surface area contributed by atoms with Crippen molar-refractivity contribution in [3.05, 3.63) is 23.8 Å². The maximum atomic E-state index is 12.8. The molecule has 1 aromatic heterocycles. The van der Waals surface area contributed by atoms with Crippen LogP contribution in [-0.2, 0) is 16.6 Å². The number of thioether (sulfide) groups is 1. The molecule has 2 aromatic rings. The molecular weight excluding hydrogens is 430 g/mol. The van der Waals surface area contributed by atoms with Crippen molar-refractivity contribution in [3.63, 3.8) is 0 Å². The predicted molar refractivity (Wildman–Crippen MR) is 123 cm³/mol. The molecule has 2 aliphatic rings. The average molecular weight is 462 g/mol. The van der Waals surface area contributed by atoms with Gasteiger partial charge in [0.15, 0.2) is 16.7 Å². The van der Waals surface area contributed by atoms with Gasteiger partial charge in [-0.25, -0.2) is 0 Å². The first-order valence-electron chi connectivity index (χ1n) is 11.1. The first-order chi connectivity index (χ1) is 15.5. The van der Waals surface area contributed by atoms with Gasteiger partial charge in [-0.05, 0) is 23.6 Å². The number of hydrogen-bond acceptors (Lipinski definition) is 8. The van der Waals surface area contributed by atoms with Crippen molar-refractivity contribution in [1.82, 2.24) is 20.1 Å². The fourth-order valence-corrected chi connectivity index (χ4v) is 4.54. The fourth-order valence-electron chi connectivity index (χ4n) is 3.83. The number of rotatable bonds is 7. The zero-order valence-corrected chi connectivity index (χ0v) is 19.7. The van der Waals surface area contributed by atoms with E-state index in [4.69, 9.17) is 14.2 Å². The number of anilines is 1. The van der Waals surface area contributed by atoms with E-state index >= 15 is 0 Å². The van der Waals surface area contributed by atoms with Crippen LogP contribution < -0.4 is 19.7 Å². The number of carbonyl (C=O) groups excluding carboxylic acids is 1. The van der Waals surface area contributed by atoms with Gasteiger partial charge in [0.1, 0.15) is 0 Å². The molecule has 1 fully saturated rings. The van der Waals surface area contributed by atoms with Gasteiger partial charge in [-0.2, -0.15) is 0 Å². The molecule has 174 valence electrons. The lowest BCUT2D eigenvalue weighted by molar-refractivity contribution is -0.119. The van der Waals surface area contributed by atoms with E-state index in [2.05, 4.69) is 34.3 Å². The Bertz CT molecular complexity index is 929. The smallest absolute Gasteiger partial charge is 0.230 e. The molecule has 1 atom stereocenters. The van der Waals surface area contributed by atoms with Gasteiger partial charge in [0, 0.05) is 26.6 Å². The SMILES string of the molecule is CC(C)C(NC(=O)CSc1nnc(N2CCOCC2)n1C)c1ccc2c(c1)OCCCO2. The van der Waals surface area contributed by atoms with Crippen LogP contribution in [0.4, 0.5) is 5.95 Å². The Hall–Kier alpha value is -2.46. The molecule has 32 heavy (non-hydrogen) atoms. The summed E-state index contributed by atoms with van der Waals surface area (Å²) in [7, 11) is 1.93. The minimum absolute atomic E-state index is 0.0447. The highest BCUT2D eigenvalue weighted by Crippen LogP contribution is 2.34. The van der Waals surface area contributed by atoms with Gasteiger partial charge in [-0.3, -0.25) is 9.36 Å². The van der Waals surface area contributed by atoms with Crippen molar-refractivity contribution in [2.24, 2.45) is 13.0 Å². The number of fused-ring (bicyclic) bond motifs is 1. The molecule has 2 aliphatic heterocycles. The monoisotopic (exact) mass is 461 g/mol. The van der Waals surface area contributed by atoms with Crippen molar-refractivity contribution >= 4 is 23.6 Å². The molecule has 9 nitrogen and oxygen atoms in total. The summed E-state index contributed by atoms with van der Waals surface area (Å²) in [5, 5.41) is 12.5. The van der Waals surface area contributed by atoms with Gasteiger partial charge in [0.2, 0.25) is 11.9 Å². The second-order valence-electron chi connectivity index (χ2n) is 8.28. The van der Waals surface area contributed by atoms with Crippen LogP contribution in [0.15, 0.2) is 23.4 Å². The standard InChI is InChI=1S/C22H31N5O4S/c1-15(2)20(16-5-6-17-18(13-16)31-10-4-9-30-17)23-19(28)14-32-22-25-24-21(26(22)3)27-7-11-29-12-8-27/h5-6,13,15,20H,4,7-12,14H2,1-3H3,(H,23,28). The van der Waals surface area contributed by atoms with E-state index in [1.165, 1.54) is 11.8 Å². The van der Waals surface area contributed by atoms with Crippen LogP contribution >= 0.6 is 11.8 Å². The van der Waals surface area contributed by atoms with E-state index in [1.807, 2.05) is 29.8 Å². The van der Waals surface area contributed by atoms with E-state index in [1.54, 1.807) is 0 Å². The minimum Gasteiger partial charge on any atom is -0.490 e. The normalized spacial score (nSPS) is 17.2. The van der Waals surface area contributed by atoms with Crippen LogP contribution in [0.25, 0.3) is 0 Å². The number of aromatic nitrogens is 3. The first kappa shape index (κ1) is 22.7. The summed E-state index contributed by atoms with van der Waals surface area (Å²) in [6.07, 6.45) is 0.862. The molecule has 3 heterocycles. The minimum atomic E-state index is -0.122. The van der Waals surface area contributed by atoms with Gasteiger partial charge in [0.05, 0.1) is 38.2 Å². The van der Waals surface area contributed by atoms with Crippen LogP contribution in [0.1, 0.15) is 31.9 Å². The molecule has 0 radical (unpaired) electrons. The average Bonchev–Trinajstić information content (AvgIpc) is 3.01. The summed E-state index contributed by atoms with van der Waals surface area (Å²) in [6, 6.07) is 5.79. The van der Waals surface area contributed by atoms with E-state index < -0.39 is 0 Å². The Morgan fingerprint density at radius 1 is 1.12 bits per heavy atom. The van der Waals surface area contributed by atoms with Crippen LogP contribution in [0, 0.1) is 5.92 Å². The van der Waals surface area contributed by atoms with E-state index in [-0.39, 0.29) is 23.6 Å². The van der Waals surface area contributed by atoms with Crippen molar-refractivity contribution in [1.29, 1.82) is 0 Å². The zero-order chi connectivity index (χ0) is 22.5. The van der Waals surface area contributed by atoms with Crippen molar-refractivity contribution in [2.75, 3.05) is 50.2 Å². The molecule has 4 rings (SSSR count). The molecule has 1 unspecified atom stereocenters. The Morgan fingerprint density at radius 3 is 2.62 bits per heavy atom. The highest BCUT2D eigenvalue weighted by Gasteiger charge is 2.23. The molecule has 1 amide bonds. The Labute approximate surface area is 192 Å². The quantitative estimate of drug-likeness (QED) is 0.629. The van der Waals surface area contributed by atoms with Crippen molar-refractivity contribution in [3.8, 4) is 11.5 Å². The molecule has 10 heteroatoms. The second kappa shape index (κ2) is 10.4. The lowest BCUT2D eigenvalue weighted by atomic mass is 9.95. The van der Waals surface area contributed by atoms with Crippen LogP contribution in [-0.4, -0.2) is 65.9 Å². The summed E-state index contributed by atoms with van der Waals surface area (Å²) in [5.41, 5.74) is 1.01. The number of nitrogens with one attached hydrogen (secondary N) is 1. The molecule has 1 aromatic carbocycles. The van der Waals surface area contributed by atoms with Gasteiger partial charge < -0.3 is 24.4 Å². The number of carbonyl (C=O) groups is 1. The topological polar surface area (TPSA) is 90.7 Å². The summed E-state index contributed by atoms with van der Waals surface area (Å²) < 4.78 is 18.9. The van der Waals surface area contributed by atoms with E-state index in [0.717, 1.165) is 47.7 Å². The highest BCUT2D eigenvalue weighted by molar-refractivity contribution is 7.99. The third-order valence-electron chi connectivity index (χ3n) is 5.55. The summed E-state index contributed by atoms with van der Waals surface area (Å²) in [6.45, 7) is 8.45. The lowest BCUT2D eigenvalue weighted by Gasteiger charge is -2.27. The zero-order valence-electron chi connectivity index (χ0n) is 18.9. The molecule has 0 spiro atoms. The summed E-state index contributed by atoms with van der Waals surface area (Å²) in [5.74, 6) is 2.75. The van der Waals surface area contributed by atoms with Crippen LogP contribution in [0.5, 0.6) is 11.5 Å². The van der Waals surface area contributed by atoms with Crippen molar-refractivity contribution < 1.29 is 19.0 Å². The Kier molecular flexibility index (Phi) is 7.41.